The van der Waals surface area contributed by atoms with Gasteiger partial charge in [-0.05, 0) is 49.6 Å². The number of nitrogens with zero attached hydrogens (tertiary/aromatic N) is 2. The Balaban J connectivity index is 1.88. The molecule has 164 valence electrons. The van der Waals surface area contributed by atoms with Gasteiger partial charge in [0.1, 0.15) is 17.1 Å². The lowest BCUT2D eigenvalue weighted by atomic mass is 10.1. The summed E-state index contributed by atoms with van der Waals surface area (Å²) in [7, 11) is 0. The Kier molecular flexibility index (Phi) is 6.99. The lowest BCUT2D eigenvalue weighted by Crippen LogP contribution is -2.13. The van der Waals surface area contributed by atoms with Gasteiger partial charge < -0.3 is 15.4 Å². The third-order valence-corrected chi connectivity index (χ3v) is 4.72. The summed E-state index contributed by atoms with van der Waals surface area (Å²) in [5.41, 5.74) is 1.32. The maximum atomic E-state index is 13.5. The van der Waals surface area contributed by atoms with Gasteiger partial charge in [0.2, 0.25) is 5.95 Å². The number of nitrogens with one attached hydrogen (secondary N) is 2. The van der Waals surface area contributed by atoms with E-state index in [-0.39, 0.29) is 17.9 Å². The summed E-state index contributed by atoms with van der Waals surface area (Å²) in [6, 6.07) is 14.3. The fourth-order valence-electron chi connectivity index (χ4n) is 2.80. The monoisotopic (exact) mass is 430 g/mol. The van der Waals surface area contributed by atoms with E-state index in [1.54, 1.807) is 24.3 Å². The molecule has 3 rings (SSSR count). The topological polar surface area (TPSA) is 59.1 Å². The van der Waals surface area contributed by atoms with Crippen molar-refractivity contribution in [1.29, 1.82) is 0 Å². The highest BCUT2D eigenvalue weighted by molar-refractivity contribution is 5.64. The largest absolute Gasteiger partial charge is 0.491 e. The summed E-state index contributed by atoms with van der Waals surface area (Å²) in [5.74, 6) is 0.291. The lowest BCUT2D eigenvalue weighted by molar-refractivity contribution is -0.137. The number of aryl methyl sites for hydroxylation is 1. The molecule has 1 aromatic heterocycles. The zero-order valence-electron chi connectivity index (χ0n) is 17.6. The molecule has 0 saturated carbocycles. The first-order valence-corrected chi connectivity index (χ1v) is 10.1. The predicted molar refractivity (Wildman–Crippen MR) is 116 cm³/mol. The average Bonchev–Trinajstić information content (AvgIpc) is 2.74. The van der Waals surface area contributed by atoms with Crippen LogP contribution in [0.3, 0.4) is 0 Å². The van der Waals surface area contributed by atoms with E-state index in [1.165, 1.54) is 0 Å². The van der Waals surface area contributed by atoms with E-state index in [2.05, 4.69) is 20.6 Å². The first-order valence-electron chi connectivity index (χ1n) is 10.1. The second-order valence-corrected chi connectivity index (χ2v) is 7.12. The fourth-order valence-corrected chi connectivity index (χ4v) is 2.80. The number of hydrogen-bond donors (Lipinski definition) is 2. The number of hydrogen-bond acceptors (Lipinski definition) is 5. The Hall–Kier alpha value is -3.29. The van der Waals surface area contributed by atoms with Crippen molar-refractivity contribution in [2.45, 2.75) is 45.9 Å². The Morgan fingerprint density at radius 2 is 1.74 bits per heavy atom. The van der Waals surface area contributed by atoms with Gasteiger partial charge in [-0.15, -0.1) is 0 Å². The van der Waals surface area contributed by atoms with Crippen molar-refractivity contribution in [2.24, 2.45) is 0 Å². The van der Waals surface area contributed by atoms with Gasteiger partial charge in [0.25, 0.3) is 0 Å². The van der Waals surface area contributed by atoms with Gasteiger partial charge >= 0.3 is 6.18 Å². The molecule has 0 bridgehead atoms. The third kappa shape index (κ3) is 6.10. The van der Waals surface area contributed by atoms with Crippen LogP contribution >= 0.6 is 0 Å². The van der Waals surface area contributed by atoms with Gasteiger partial charge in [0.15, 0.2) is 0 Å². The van der Waals surface area contributed by atoms with Crippen molar-refractivity contribution in [3.05, 3.63) is 65.9 Å². The van der Waals surface area contributed by atoms with Gasteiger partial charge in [-0.3, -0.25) is 0 Å². The van der Waals surface area contributed by atoms with Crippen LogP contribution in [0.15, 0.2) is 54.7 Å². The standard InChI is InChI=1S/C23H25F3N4O/c1-4-15(3)31-19-8-6-7-18(13-19)28-21-20(23(24,25)26)14-27-22(30-21)29-17-11-9-16(5-2)10-12-17/h6-15H,4-5H2,1-3H3,(H2,27,28,29,30). The molecule has 1 heterocycles. The maximum absolute atomic E-state index is 13.5. The molecule has 31 heavy (non-hydrogen) atoms. The Morgan fingerprint density at radius 3 is 2.39 bits per heavy atom. The molecule has 0 aliphatic carbocycles. The summed E-state index contributed by atoms with van der Waals surface area (Å²) in [4.78, 5) is 7.93. The molecule has 0 radical (unpaired) electrons. The van der Waals surface area contributed by atoms with Crippen molar-refractivity contribution < 1.29 is 17.9 Å². The Bertz CT molecular complexity index is 1010. The number of halogens is 3. The number of alkyl halides is 3. The number of ether oxygens (including phenoxy) is 1. The first kappa shape index (κ1) is 22.4. The SMILES string of the molecule is CCc1ccc(Nc2ncc(C(F)(F)F)c(Nc3cccc(OC(C)CC)c3)n2)cc1. The summed E-state index contributed by atoms with van der Waals surface area (Å²) in [6.45, 7) is 5.97. The second-order valence-electron chi connectivity index (χ2n) is 7.12. The van der Waals surface area contributed by atoms with Crippen LogP contribution in [0.25, 0.3) is 0 Å². The van der Waals surface area contributed by atoms with E-state index in [0.29, 0.717) is 17.1 Å². The van der Waals surface area contributed by atoms with Crippen LogP contribution in [-0.4, -0.2) is 16.1 Å². The highest BCUT2D eigenvalue weighted by atomic mass is 19.4. The minimum atomic E-state index is -4.60. The molecule has 3 aromatic rings. The van der Waals surface area contributed by atoms with Crippen LogP contribution in [0.2, 0.25) is 0 Å². The zero-order chi connectivity index (χ0) is 22.4. The van der Waals surface area contributed by atoms with Crippen LogP contribution in [0, 0.1) is 0 Å². The van der Waals surface area contributed by atoms with Gasteiger partial charge in [-0.25, -0.2) is 4.98 Å². The molecule has 1 atom stereocenters. The van der Waals surface area contributed by atoms with Crippen LogP contribution < -0.4 is 15.4 Å². The van der Waals surface area contributed by atoms with Crippen molar-refractivity contribution in [1.82, 2.24) is 9.97 Å². The van der Waals surface area contributed by atoms with E-state index >= 15 is 0 Å². The highest BCUT2D eigenvalue weighted by Crippen LogP contribution is 2.35. The molecular weight excluding hydrogens is 405 g/mol. The Morgan fingerprint density at radius 1 is 1.00 bits per heavy atom. The molecule has 0 saturated heterocycles. The highest BCUT2D eigenvalue weighted by Gasteiger charge is 2.35. The van der Waals surface area contributed by atoms with E-state index < -0.39 is 11.7 Å². The number of benzene rings is 2. The molecule has 5 nitrogen and oxygen atoms in total. The van der Waals surface area contributed by atoms with Crippen LogP contribution in [0.4, 0.5) is 36.3 Å². The van der Waals surface area contributed by atoms with E-state index in [1.807, 2.05) is 45.0 Å². The molecule has 0 aliphatic heterocycles. The average molecular weight is 430 g/mol. The number of rotatable bonds is 8. The maximum Gasteiger partial charge on any atom is 0.421 e. The van der Waals surface area contributed by atoms with Crippen molar-refractivity contribution in [3.8, 4) is 5.75 Å². The van der Waals surface area contributed by atoms with Crippen LogP contribution in [0.5, 0.6) is 5.75 Å². The van der Waals surface area contributed by atoms with E-state index in [0.717, 1.165) is 24.6 Å². The van der Waals surface area contributed by atoms with Crippen molar-refractivity contribution in [3.63, 3.8) is 0 Å². The van der Waals surface area contributed by atoms with Crippen molar-refractivity contribution in [2.75, 3.05) is 10.6 Å². The zero-order valence-corrected chi connectivity index (χ0v) is 17.6. The molecule has 0 spiro atoms. The quantitative estimate of drug-likeness (QED) is 0.415. The summed E-state index contributed by atoms with van der Waals surface area (Å²) >= 11 is 0. The van der Waals surface area contributed by atoms with Gasteiger partial charge in [0, 0.05) is 23.6 Å². The van der Waals surface area contributed by atoms with Gasteiger partial charge in [-0.1, -0.05) is 32.0 Å². The minimum absolute atomic E-state index is 0.00469. The Labute approximate surface area is 179 Å². The summed E-state index contributed by atoms with van der Waals surface area (Å²) in [5, 5.41) is 5.71. The second kappa shape index (κ2) is 9.68. The molecular formula is C23H25F3N4O. The van der Waals surface area contributed by atoms with Gasteiger partial charge in [0.05, 0.1) is 6.10 Å². The van der Waals surface area contributed by atoms with Crippen LogP contribution in [0.1, 0.15) is 38.3 Å². The fraction of sp³-hybridized carbons (Fsp3) is 0.304. The molecule has 1 unspecified atom stereocenters. The predicted octanol–water partition coefficient (Wildman–Crippen LogP) is 6.72. The van der Waals surface area contributed by atoms with E-state index in [9.17, 15) is 13.2 Å². The molecule has 0 fully saturated rings. The molecule has 2 N–H and O–H groups in total. The summed E-state index contributed by atoms with van der Waals surface area (Å²) in [6.07, 6.45) is -2.12. The molecule has 0 aliphatic rings. The van der Waals surface area contributed by atoms with E-state index in [4.69, 9.17) is 4.74 Å². The number of anilines is 4. The normalized spacial score (nSPS) is 12.3. The smallest absolute Gasteiger partial charge is 0.421 e. The third-order valence-electron chi connectivity index (χ3n) is 4.72. The molecule has 2 aromatic carbocycles. The number of aromatic nitrogens is 2. The lowest BCUT2D eigenvalue weighted by Gasteiger charge is -2.16. The minimum Gasteiger partial charge on any atom is -0.491 e. The first-order chi connectivity index (χ1) is 14.8. The molecule has 8 heteroatoms. The summed E-state index contributed by atoms with van der Waals surface area (Å²) < 4.78 is 46.3. The van der Waals surface area contributed by atoms with Crippen LogP contribution in [-0.2, 0) is 12.6 Å². The van der Waals surface area contributed by atoms with Gasteiger partial charge in [-0.2, -0.15) is 18.2 Å². The van der Waals surface area contributed by atoms with Crippen molar-refractivity contribution >= 4 is 23.1 Å². The molecule has 0 amide bonds.